The van der Waals surface area contributed by atoms with Crippen molar-refractivity contribution < 1.29 is 19.1 Å². The van der Waals surface area contributed by atoms with Crippen LogP contribution in [0.3, 0.4) is 0 Å². The highest BCUT2D eigenvalue weighted by Crippen LogP contribution is 2.22. The van der Waals surface area contributed by atoms with Gasteiger partial charge in [-0.05, 0) is 67.4 Å². The molecule has 3 rings (SSSR count). The summed E-state index contributed by atoms with van der Waals surface area (Å²) in [6, 6.07) is 21.8. The summed E-state index contributed by atoms with van der Waals surface area (Å²) in [5, 5.41) is 2.69. The summed E-state index contributed by atoms with van der Waals surface area (Å²) in [5.74, 6) is 0.474. The summed E-state index contributed by atoms with van der Waals surface area (Å²) < 4.78 is 10.8. The Kier molecular flexibility index (Phi) is 6.07. The van der Waals surface area contributed by atoms with Crippen LogP contribution in [0, 0.1) is 13.8 Å². The Labute approximate surface area is 163 Å². The maximum absolute atomic E-state index is 12.2. The predicted molar refractivity (Wildman–Crippen MR) is 108 cm³/mol. The summed E-state index contributed by atoms with van der Waals surface area (Å²) in [5.41, 5.74) is 2.90. The van der Waals surface area contributed by atoms with Gasteiger partial charge in [-0.15, -0.1) is 0 Å². The molecule has 3 aromatic rings. The molecular weight excluding hydrogens is 354 g/mol. The third-order valence-electron chi connectivity index (χ3n) is 4.28. The minimum absolute atomic E-state index is 0.353. The fourth-order valence-electron chi connectivity index (χ4n) is 2.61. The normalized spacial score (nSPS) is 10.2. The highest BCUT2D eigenvalue weighted by Gasteiger charge is 2.13. The molecule has 0 heterocycles. The number of para-hydroxylation sites is 1. The molecule has 0 saturated heterocycles. The van der Waals surface area contributed by atoms with Crippen LogP contribution >= 0.6 is 0 Å². The largest absolute Gasteiger partial charge is 0.457 e. The molecule has 0 fully saturated rings. The SMILES string of the molecule is Cc1cccc(C(=O)OCC(=O)Nc2ccc(Oc3ccccc3)cc2)c1C. The van der Waals surface area contributed by atoms with Gasteiger partial charge in [0.2, 0.25) is 0 Å². The van der Waals surface area contributed by atoms with Gasteiger partial charge in [0.05, 0.1) is 5.56 Å². The Hall–Kier alpha value is -3.60. The number of carbonyl (C=O) groups is 2. The van der Waals surface area contributed by atoms with Crippen molar-refractivity contribution in [2.75, 3.05) is 11.9 Å². The molecule has 0 atom stereocenters. The average molecular weight is 375 g/mol. The molecule has 5 nitrogen and oxygen atoms in total. The third kappa shape index (κ3) is 4.98. The van der Waals surface area contributed by atoms with Gasteiger partial charge < -0.3 is 14.8 Å². The van der Waals surface area contributed by atoms with E-state index < -0.39 is 11.9 Å². The van der Waals surface area contributed by atoms with E-state index in [0.29, 0.717) is 17.0 Å². The van der Waals surface area contributed by atoms with Gasteiger partial charge in [0.1, 0.15) is 11.5 Å². The zero-order valence-electron chi connectivity index (χ0n) is 15.8. The number of amides is 1. The fraction of sp³-hybridized carbons (Fsp3) is 0.130. The molecule has 0 aliphatic heterocycles. The molecule has 5 heteroatoms. The molecule has 0 aromatic heterocycles. The van der Waals surface area contributed by atoms with Crippen LogP contribution in [0.5, 0.6) is 11.5 Å². The van der Waals surface area contributed by atoms with Crippen LogP contribution in [-0.2, 0) is 9.53 Å². The van der Waals surface area contributed by atoms with E-state index in [0.717, 1.165) is 16.9 Å². The molecule has 0 unspecified atom stereocenters. The lowest BCUT2D eigenvalue weighted by atomic mass is 10.0. The number of ether oxygens (including phenoxy) is 2. The molecule has 0 spiro atoms. The van der Waals surface area contributed by atoms with Gasteiger partial charge in [0.15, 0.2) is 6.61 Å². The molecule has 0 aliphatic rings. The van der Waals surface area contributed by atoms with E-state index in [4.69, 9.17) is 9.47 Å². The number of aryl methyl sites for hydroxylation is 1. The lowest BCUT2D eigenvalue weighted by Gasteiger charge is -2.10. The average Bonchev–Trinajstić information content (AvgIpc) is 2.70. The van der Waals surface area contributed by atoms with Crippen molar-refractivity contribution in [2.45, 2.75) is 13.8 Å². The van der Waals surface area contributed by atoms with E-state index in [1.54, 1.807) is 36.4 Å². The Balaban J connectivity index is 1.52. The van der Waals surface area contributed by atoms with Crippen molar-refractivity contribution in [3.05, 3.63) is 89.5 Å². The van der Waals surface area contributed by atoms with Crippen LogP contribution in [0.15, 0.2) is 72.8 Å². The highest BCUT2D eigenvalue weighted by molar-refractivity contribution is 5.96. The zero-order valence-corrected chi connectivity index (χ0v) is 15.8. The van der Waals surface area contributed by atoms with Crippen molar-refractivity contribution >= 4 is 17.6 Å². The first-order valence-electron chi connectivity index (χ1n) is 8.89. The second-order valence-corrected chi connectivity index (χ2v) is 6.31. The summed E-state index contributed by atoms with van der Waals surface area (Å²) in [6.07, 6.45) is 0. The number of nitrogens with one attached hydrogen (secondary N) is 1. The molecule has 0 saturated carbocycles. The summed E-state index contributed by atoms with van der Waals surface area (Å²) in [6.45, 7) is 3.42. The van der Waals surface area contributed by atoms with Gasteiger partial charge in [-0.3, -0.25) is 4.79 Å². The third-order valence-corrected chi connectivity index (χ3v) is 4.28. The number of benzene rings is 3. The first kappa shape index (κ1) is 19.2. The molecule has 0 bridgehead atoms. The van der Waals surface area contributed by atoms with Crippen LogP contribution in [0.25, 0.3) is 0 Å². The molecule has 142 valence electrons. The molecule has 1 N–H and O–H groups in total. The van der Waals surface area contributed by atoms with Crippen molar-refractivity contribution in [3.63, 3.8) is 0 Å². The zero-order chi connectivity index (χ0) is 19.9. The quantitative estimate of drug-likeness (QED) is 0.623. The van der Waals surface area contributed by atoms with Crippen molar-refractivity contribution in [1.29, 1.82) is 0 Å². The molecule has 1 amide bonds. The number of anilines is 1. The van der Waals surface area contributed by atoms with E-state index >= 15 is 0 Å². The molecule has 0 radical (unpaired) electrons. The van der Waals surface area contributed by atoms with Gasteiger partial charge in [-0.2, -0.15) is 0 Å². The standard InChI is InChI=1S/C23H21NO4/c1-16-7-6-10-21(17(16)2)23(26)27-15-22(25)24-18-11-13-20(14-12-18)28-19-8-4-3-5-9-19/h3-14H,15H2,1-2H3,(H,24,25). The molecule has 0 aliphatic carbocycles. The topological polar surface area (TPSA) is 64.6 Å². The van der Waals surface area contributed by atoms with E-state index in [9.17, 15) is 9.59 Å². The molecule has 28 heavy (non-hydrogen) atoms. The lowest BCUT2D eigenvalue weighted by molar-refractivity contribution is -0.119. The summed E-state index contributed by atoms with van der Waals surface area (Å²) in [4.78, 5) is 24.2. The van der Waals surface area contributed by atoms with Crippen molar-refractivity contribution in [3.8, 4) is 11.5 Å². The van der Waals surface area contributed by atoms with Crippen LogP contribution < -0.4 is 10.1 Å². The molecule has 3 aromatic carbocycles. The van der Waals surface area contributed by atoms with E-state index in [2.05, 4.69) is 5.32 Å². The van der Waals surface area contributed by atoms with E-state index in [1.165, 1.54) is 0 Å². The second-order valence-electron chi connectivity index (χ2n) is 6.31. The van der Waals surface area contributed by atoms with E-state index in [-0.39, 0.29) is 6.61 Å². The number of rotatable bonds is 6. The maximum Gasteiger partial charge on any atom is 0.338 e. The number of carbonyl (C=O) groups excluding carboxylic acids is 2. The minimum Gasteiger partial charge on any atom is -0.457 e. The maximum atomic E-state index is 12.2. The Bertz CT molecular complexity index is 966. The van der Waals surface area contributed by atoms with Gasteiger partial charge in [-0.25, -0.2) is 4.79 Å². The predicted octanol–water partition coefficient (Wildman–Crippen LogP) is 4.89. The van der Waals surface area contributed by atoms with Gasteiger partial charge in [0.25, 0.3) is 5.91 Å². The Morgan fingerprint density at radius 1 is 0.821 bits per heavy atom. The monoisotopic (exact) mass is 375 g/mol. The Morgan fingerprint density at radius 2 is 1.50 bits per heavy atom. The number of esters is 1. The van der Waals surface area contributed by atoms with Crippen LogP contribution in [-0.4, -0.2) is 18.5 Å². The summed E-state index contributed by atoms with van der Waals surface area (Å²) >= 11 is 0. The lowest BCUT2D eigenvalue weighted by Crippen LogP contribution is -2.21. The van der Waals surface area contributed by atoms with Crippen LogP contribution in [0.4, 0.5) is 5.69 Å². The summed E-state index contributed by atoms with van der Waals surface area (Å²) in [7, 11) is 0. The first-order chi connectivity index (χ1) is 13.5. The minimum atomic E-state index is -0.511. The Morgan fingerprint density at radius 3 is 2.21 bits per heavy atom. The van der Waals surface area contributed by atoms with Gasteiger partial charge in [-0.1, -0.05) is 30.3 Å². The first-order valence-corrected chi connectivity index (χ1v) is 8.89. The smallest absolute Gasteiger partial charge is 0.338 e. The van der Waals surface area contributed by atoms with Crippen LogP contribution in [0.1, 0.15) is 21.5 Å². The fourth-order valence-corrected chi connectivity index (χ4v) is 2.61. The number of hydrogen-bond donors (Lipinski definition) is 1. The number of hydrogen-bond acceptors (Lipinski definition) is 4. The second kappa shape index (κ2) is 8.86. The van der Waals surface area contributed by atoms with Crippen LogP contribution in [0.2, 0.25) is 0 Å². The van der Waals surface area contributed by atoms with Crippen molar-refractivity contribution in [2.24, 2.45) is 0 Å². The van der Waals surface area contributed by atoms with E-state index in [1.807, 2.05) is 50.2 Å². The van der Waals surface area contributed by atoms with Crippen molar-refractivity contribution in [1.82, 2.24) is 0 Å². The van der Waals surface area contributed by atoms with Gasteiger partial charge in [0, 0.05) is 5.69 Å². The molecular formula is C23H21NO4. The highest BCUT2D eigenvalue weighted by atomic mass is 16.5. The van der Waals surface area contributed by atoms with Gasteiger partial charge >= 0.3 is 5.97 Å².